The molecule has 100 valence electrons. The summed E-state index contributed by atoms with van der Waals surface area (Å²) in [7, 11) is -3.28. The Balaban J connectivity index is 2.62. The van der Waals surface area contributed by atoms with E-state index in [1.165, 1.54) is 0 Å². The molecule has 7 heteroatoms. The maximum absolute atomic E-state index is 11.3. The Kier molecular flexibility index (Phi) is 5.49. The Morgan fingerprint density at radius 3 is 2.72 bits per heavy atom. The minimum Gasteiger partial charge on any atom is -0.352 e. The van der Waals surface area contributed by atoms with Gasteiger partial charge in [-0.1, -0.05) is 12.1 Å². The van der Waals surface area contributed by atoms with E-state index in [0.717, 1.165) is 11.8 Å². The third-order valence-corrected chi connectivity index (χ3v) is 2.89. The zero-order valence-corrected chi connectivity index (χ0v) is 11.7. The van der Waals surface area contributed by atoms with E-state index in [2.05, 4.69) is 22.7 Å². The molecule has 0 aliphatic heterocycles. The van der Waals surface area contributed by atoms with Crippen molar-refractivity contribution in [1.29, 1.82) is 0 Å². The van der Waals surface area contributed by atoms with Gasteiger partial charge in [-0.05, 0) is 23.4 Å². The van der Waals surface area contributed by atoms with E-state index in [0.29, 0.717) is 24.4 Å². The Bertz CT molecular complexity index is 515. The van der Waals surface area contributed by atoms with Crippen LogP contribution in [0.15, 0.2) is 24.3 Å². The quantitative estimate of drug-likeness (QED) is 0.683. The average molecular weight is 288 g/mol. The molecule has 0 unspecified atom stereocenters. The second kappa shape index (κ2) is 6.65. The van der Waals surface area contributed by atoms with Gasteiger partial charge in [0.25, 0.3) is 0 Å². The van der Waals surface area contributed by atoms with Gasteiger partial charge in [0, 0.05) is 18.7 Å². The van der Waals surface area contributed by atoms with E-state index in [4.69, 9.17) is 0 Å². The van der Waals surface area contributed by atoms with Crippen molar-refractivity contribution >= 4 is 34.2 Å². The van der Waals surface area contributed by atoms with Gasteiger partial charge in [0.1, 0.15) is 0 Å². The molecule has 1 amide bonds. The van der Waals surface area contributed by atoms with E-state index < -0.39 is 10.0 Å². The first-order valence-corrected chi connectivity index (χ1v) is 7.87. The van der Waals surface area contributed by atoms with Crippen molar-refractivity contribution < 1.29 is 13.2 Å². The molecule has 5 nitrogen and oxygen atoms in total. The molecule has 0 fully saturated rings. The summed E-state index contributed by atoms with van der Waals surface area (Å²) in [5, 5.41) is 2.72. The lowest BCUT2D eigenvalue weighted by atomic mass is 10.2. The number of nitrogens with one attached hydrogen (secondary N) is 2. The monoisotopic (exact) mass is 288 g/mol. The van der Waals surface area contributed by atoms with Gasteiger partial charge in [0.2, 0.25) is 15.9 Å². The topological polar surface area (TPSA) is 75.3 Å². The van der Waals surface area contributed by atoms with Crippen LogP contribution in [0.1, 0.15) is 12.0 Å². The van der Waals surface area contributed by atoms with Gasteiger partial charge in [-0.25, -0.2) is 8.42 Å². The minimum absolute atomic E-state index is 0.0773. The molecule has 1 aromatic rings. The number of benzene rings is 1. The van der Waals surface area contributed by atoms with Crippen molar-refractivity contribution in [1.82, 2.24) is 5.32 Å². The number of rotatable bonds is 6. The summed E-state index contributed by atoms with van der Waals surface area (Å²) in [6.45, 7) is 0.367. The van der Waals surface area contributed by atoms with Gasteiger partial charge >= 0.3 is 0 Å². The van der Waals surface area contributed by atoms with Gasteiger partial charge in [0.15, 0.2) is 0 Å². The highest BCUT2D eigenvalue weighted by molar-refractivity contribution is 7.92. The van der Waals surface area contributed by atoms with Crippen LogP contribution in [0.3, 0.4) is 0 Å². The molecule has 0 aromatic heterocycles. The number of hydrogen-bond acceptors (Lipinski definition) is 4. The summed E-state index contributed by atoms with van der Waals surface area (Å²) in [6, 6.07) is 6.88. The molecular weight excluding hydrogens is 272 g/mol. The zero-order chi connectivity index (χ0) is 13.6. The standard InChI is InChI=1S/C11H16N2O3S2/c1-18(15,16)13-10-4-2-3-9(7-10)8-12-11(14)5-6-17/h2-4,7,13,17H,5-6,8H2,1H3,(H,12,14). The number of amides is 1. The number of hydrogen-bond donors (Lipinski definition) is 3. The van der Waals surface area contributed by atoms with Crippen LogP contribution >= 0.6 is 12.6 Å². The van der Waals surface area contributed by atoms with Gasteiger partial charge < -0.3 is 5.32 Å². The Morgan fingerprint density at radius 2 is 2.11 bits per heavy atom. The molecule has 0 atom stereocenters. The smallest absolute Gasteiger partial charge is 0.229 e. The van der Waals surface area contributed by atoms with E-state index in [1.54, 1.807) is 18.2 Å². The second-order valence-electron chi connectivity index (χ2n) is 3.82. The number of thiol groups is 1. The van der Waals surface area contributed by atoms with Crippen LogP contribution in [0.2, 0.25) is 0 Å². The first-order valence-electron chi connectivity index (χ1n) is 5.35. The number of sulfonamides is 1. The molecule has 0 saturated carbocycles. The normalized spacial score (nSPS) is 11.0. The van der Waals surface area contributed by atoms with E-state index in [9.17, 15) is 13.2 Å². The van der Waals surface area contributed by atoms with E-state index in [1.807, 2.05) is 6.07 Å². The fourth-order valence-electron chi connectivity index (χ4n) is 1.35. The predicted molar refractivity (Wildman–Crippen MR) is 75.2 cm³/mol. The van der Waals surface area contributed by atoms with E-state index >= 15 is 0 Å². The third-order valence-electron chi connectivity index (χ3n) is 2.06. The Labute approximate surface area is 112 Å². The van der Waals surface area contributed by atoms with Crippen molar-refractivity contribution in [3.63, 3.8) is 0 Å². The van der Waals surface area contributed by atoms with Gasteiger partial charge in [0.05, 0.1) is 6.26 Å². The molecule has 0 saturated heterocycles. The van der Waals surface area contributed by atoms with Crippen LogP contribution in [0.5, 0.6) is 0 Å². The molecule has 1 aromatic carbocycles. The molecule has 18 heavy (non-hydrogen) atoms. The van der Waals surface area contributed by atoms with E-state index in [-0.39, 0.29) is 5.91 Å². The fraction of sp³-hybridized carbons (Fsp3) is 0.364. The zero-order valence-electron chi connectivity index (χ0n) is 10.0. The Hall–Kier alpha value is -1.21. The summed E-state index contributed by atoms with van der Waals surface area (Å²) in [5.74, 6) is 0.424. The highest BCUT2D eigenvalue weighted by Crippen LogP contribution is 2.11. The van der Waals surface area contributed by atoms with Crippen LogP contribution in [-0.4, -0.2) is 26.3 Å². The molecular formula is C11H16N2O3S2. The predicted octanol–water partition coefficient (Wildman–Crippen LogP) is 0.994. The number of anilines is 1. The number of carbonyl (C=O) groups is 1. The lowest BCUT2D eigenvalue weighted by Crippen LogP contribution is -2.22. The average Bonchev–Trinajstić information content (AvgIpc) is 2.25. The Morgan fingerprint density at radius 1 is 1.39 bits per heavy atom. The maximum Gasteiger partial charge on any atom is 0.229 e. The molecule has 1 rings (SSSR count). The van der Waals surface area contributed by atoms with Gasteiger partial charge in [-0.3, -0.25) is 9.52 Å². The fourth-order valence-corrected chi connectivity index (χ4v) is 2.11. The molecule has 0 aliphatic rings. The lowest BCUT2D eigenvalue weighted by Gasteiger charge is -2.07. The van der Waals surface area contributed by atoms with Crippen LogP contribution in [0.4, 0.5) is 5.69 Å². The maximum atomic E-state index is 11.3. The highest BCUT2D eigenvalue weighted by atomic mass is 32.2. The minimum atomic E-state index is -3.28. The summed E-state index contributed by atoms with van der Waals surface area (Å²) in [6.07, 6.45) is 1.46. The van der Waals surface area contributed by atoms with Crippen molar-refractivity contribution in [2.45, 2.75) is 13.0 Å². The molecule has 0 heterocycles. The summed E-state index contributed by atoms with van der Waals surface area (Å²) < 4.78 is 24.5. The van der Waals surface area contributed by atoms with Crippen molar-refractivity contribution in [3.8, 4) is 0 Å². The van der Waals surface area contributed by atoms with Crippen LogP contribution in [0, 0.1) is 0 Å². The third kappa shape index (κ3) is 5.92. The molecule has 0 spiro atoms. The summed E-state index contributed by atoms with van der Waals surface area (Å²) >= 11 is 3.97. The van der Waals surface area contributed by atoms with Crippen LogP contribution < -0.4 is 10.0 Å². The van der Waals surface area contributed by atoms with Crippen molar-refractivity contribution in [3.05, 3.63) is 29.8 Å². The first kappa shape index (κ1) is 14.8. The van der Waals surface area contributed by atoms with Gasteiger partial charge in [-0.15, -0.1) is 0 Å². The highest BCUT2D eigenvalue weighted by Gasteiger charge is 2.03. The van der Waals surface area contributed by atoms with Crippen LogP contribution in [-0.2, 0) is 21.4 Å². The molecule has 0 radical (unpaired) electrons. The second-order valence-corrected chi connectivity index (χ2v) is 6.02. The summed E-state index contributed by atoms with van der Waals surface area (Å²) in [5.41, 5.74) is 1.31. The SMILES string of the molecule is CS(=O)(=O)Nc1cccc(CNC(=O)CCS)c1. The number of carbonyl (C=O) groups excluding carboxylic acids is 1. The largest absolute Gasteiger partial charge is 0.352 e. The summed E-state index contributed by atoms with van der Waals surface area (Å²) in [4.78, 5) is 11.3. The first-order chi connectivity index (χ1) is 8.40. The van der Waals surface area contributed by atoms with Crippen molar-refractivity contribution in [2.24, 2.45) is 0 Å². The lowest BCUT2D eigenvalue weighted by molar-refractivity contribution is -0.120. The molecule has 0 bridgehead atoms. The van der Waals surface area contributed by atoms with Crippen LogP contribution in [0.25, 0.3) is 0 Å². The molecule has 0 aliphatic carbocycles. The van der Waals surface area contributed by atoms with Gasteiger partial charge in [-0.2, -0.15) is 12.6 Å². The molecule has 2 N–H and O–H groups in total. The van der Waals surface area contributed by atoms with Crippen molar-refractivity contribution in [2.75, 3.05) is 16.7 Å².